The minimum Gasteiger partial charge on any atom is -0.381 e. The summed E-state index contributed by atoms with van der Waals surface area (Å²) in [4.78, 5) is 13.5. The van der Waals surface area contributed by atoms with Crippen LogP contribution in [-0.4, -0.2) is 43.7 Å². The maximum Gasteiger partial charge on any atom is 0.220 e. The van der Waals surface area contributed by atoms with E-state index < -0.39 is 0 Å². The summed E-state index contributed by atoms with van der Waals surface area (Å²) in [6.45, 7) is 7.22. The molecule has 0 aromatic carbocycles. The van der Waals surface area contributed by atoms with E-state index in [9.17, 15) is 4.79 Å². The molecule has 0 atom stereocenters. The van der Waals surface area contributed by atoms with Gasteiger partial charge in [-0.2, -0.15) is 0 Å². The van der Waals surface area contributed by atoms with E-state index in [1.165, 1.54) is 32.1 Å². The smallest absolute Gasteiger partial charge is 0.220 e. The standard InChI is InChI=1S/C15H30N2O2/c1-2-3-12-19-13-6-4-5-9-17-10-7-14(8-11-17)15(16)18/h14H,2-13H2,1H3,(H2,16,18). The van der Waals surface area contributed by atoms with Gasteiger partial charge < -0.3 is 15.4 Å². The van der Waals surface area contributed by atoms with E-state index in [0.717, 1.165) is 45.7 Å². The molecule has 1 aliphatic heterocycles. The van der Waals surface area contributed by atoms with E-state index in [1.807, 2.05) is 0 Å². The van der Waals surface area contributed by atoms with Gasteiger partial charge >= 0.3 is 0 Å². The number of hydrogen-bond acceptors (Lipinski definition) is 3. The molecule has 112 valence electrons. The number of unbranched alkanes of at least 4 members (excludes halogenated alkanes) is 3. The Balaban J connectivity index is 1.89. The summed E-state index contributed by atoms with van der Waals surface area (Å²) in [7, 11) is 0. The van der Waals surface area contributed by atoms with Crippen molar-refractivity contribution in [2.24, 2.45) is 11.7 Å². The first-order valence-electron chi connectivity index (χ1n) is 7.83. The summed E-state index contributed by atoms with van der Waals surface area (Å²) < 4.78 is 5.54. The Labute approximate surface area is 117 Å². The Bertz CT molecular complexity index is 238. The molecule has 1 rings (SSSR count). The fraction of sp³-hybridized carbons (Fsp3) is 0.933. The Morgan fingerprint density at radius 1 is 1.16 bits per heavy atom. The van der Waals surface area contributed by atoms with Crippen LogP contribution in [0.2, 0.25) is 0 Å². The van der Waals surface area contributed by atoms with Crippen LogP contribution < -0.4 is 5.73 Å². The number of primary amides is 1. The number of nitrogens with two attached hydrogens (primary N) is 1. The van der Waals surface area contributed by atoms with Crippen molar-refractivity contribution in [2.45, 2.75) is 51.9 Å². The van der Waals surface area contributed by atoms with Crippen LogP contribution in [0.15, 0.2) is 0 Å². The molecule has 1 heterocycles. The van der Waals surface area contributed by atoms with Crippen molar-refractivity contribution in [3.05, 3.63) is 0 Å². The third kappa shape index (κ3) is 7.53. The summed E-state index contributed by atoms with van der Waals surface area (Å²) in [5.41, 5.74) is 5.33. The van der Waals surface area contributed by atoms with Crippen molar-refractivity contribution in [2.75, 3.05) is 32.8 Å². The van der Waals surface area contributed by atoms with Gasteiger partial charge in [-0.25, -0.2) is 0 Å². The number of rotatable bonds is 10. The molecule has 0 unspecified atom stereocenters. The molecule has 0 aromatic rings. The molecule has 2 N–H and O–H groups in total. The Kier molecular flexibility index (Phi) is 8.84. The number of piperidine rings is 1. The summed E-state index contributed by atoms with van der Waals surface area (Å²) in [6.07, 6.45) is 7.91. The van der Waals surface area contributed by atoms with E-state index in [2.05, 4.69) is 11.8 Å². The number of ether oxygens (including phenoxy) is 1. The van der Waals surface area contributed by atoms with E-state index >= 15 is 0 Å². The Morgan fingerprint density at radius 3 is 2.47 bits per heavy atom. The molecule has 4 nitrogen and oxygen atoms in total. The predicted molar refractivity (Wildman–Crippen MR) is 77.9 cm³/mol. The van der Waals surface area contributed by atoms with E-state index in [1.54, 1.807) is 0 Å². The highest BCUT2D eigenvalue weighted by Gasteiger charge is 2.22. The molecule has 0 bridgehead atoms. The first-order valence-corrected chi connectivity index (χ1v) is 7.83. The van der Waals surface area contributed by atoms with Crippen molar-refractivity contribution < 1.29 is 9.53 Å². The molecular weight excluding hydrogens is 240 g/mol. The van der Waals surface area contributed by atoms with E-state index in [0.29, 0.717) is 0 Å². The lowest BCUT2D eigenvalue weighted by Crippen LogP contribution is -2.38. The zero-order valence-electron chi connectivity index (χ0n) is 12.4. The lowest BCUT2D eigenvalue weighted by molar-refractivity contribution is -0.123. The van der Waals surface area contributed by atoms with Gasteiger partial charge in [0.25, 0.3) is 0 Å². The largest absolute Gasteiger partial charge is 0.381 e. The average Bonchev–Trinajstić information content (AvgIpc) is 2.42. The fourth-order valence-electron chi connectivity index (χ4n) is 2.51. The molecular formula is C15H30N2O2. The first-order chi connectivity index (χ1) is 9.24. The number of carbonyl (C=O) groups excluding carboxylic acids is 1. The second-order valence-electron chi connectivity index (χ2n) is 5.54. The SMILES string of the molecule is CCCCOCCCCCN1CCC(C(N)=O)CC1. The van der Waals surface area contributed by atoms with Gasteiger partial charge in [-0.05, 0) is 58.2 Å². The number of hydrogen-bond donors (Lipinski definition) is 1. The Morgan fingerprint density at radius 2 is 1.84 bits per heavy atom. The lowest BCUT2D eigenvalue weighted by Gasteiger charge is -2.30. The molecule has 0 spiro atoms. The molecule has 0 aromatic heterocycles. The minimum absolute atomic E-state index is 0.114. The van der Waals surface area contributed by atoms with Crippen molar-refractivity contribution in [3.8, 4) is 0 Å². The lowest BCUT2D eigenvalue weighted by atomic mass is 9.96. The second kappa shape index (κ2) is 10.2. The maximum atomic E-state index is 11.1. The minimum atomic E-state index is -0.121. The summed E-state index contributed by atoms with van der Waals surface area (Å²) in [5.74, 6) is -0.00732. The van der Waals surface area contributed by atoms with Crippen molar-refractivity contribution in [3.63, 3.8) is 0 Å². The van der Waals surface area contributed by atoms with Crippen LogP contribution in [0.25, 0.3) is 0 Å². The third-order valence-electron chi connectivity index (χ3n) is 3.90. The number of likely N-dealkylation sites (tertiary alicyclic amines) is 1. The van der Waals surface area contributed by atoms with Gasteiger partial charge in [-0.1, -0.05) is 13.3 Å². The topological polar surface area (TPSA) is 55.6 Å². The molecule has 4 heteroatoms. The predicted octanol–water partition coefficient (Wildman–Crippen LogP) is 2.17. The maximum absolute atomic E-state index is 11.1. The Hall–Kier alpha value is -0.610. The van der Waals surface area contributed by atoms with Gasteiger partial charge in [0.15, 0.2) is 0 Å². The number of nitrogens with zero attached hydrogens (tertiary/aromatic N) is 1. The molecule has 0 radical (unpaired) electrons. The van der Waals surface area contributed by atoms with Gasteiger partial charge in [-0.15, -0.1) is 0 Å². The molecule has 1 saturated heterocycles. The molecule has 0 saturated carbocycles. The molecule has 19 heavy (non-hydrogen) atoms. The molecule has 1 amide bonds. The van der Waals surface area contributed by atoms with Crippen LogP contribution in [0.1, 0.15) is 51.9 Å². The van der Waals surface area contributed by atoms with Gasteiger partial charge in [0.05, 0.1) is 0 Å². The zero-order valence-corrected chi connectivity index (χ0v) is 12.4. The summed E-state index contributed by atoms with van der Waals surface area (Å²) in [6, 6.07) is 0. The average molecular weight is 270 g/mol. The highest BCUT2D eigenvalue weighted by molar-refractivity contribution is 5.76. The van der Waals surface area contributed by atoms with Crippen molar-refractivity contribution >= 4 is 5.91 Å². The van der Waals surface area contributed by atoms with Crippen LogP contribution >= 0.6 is 0 Å². The quantitative estimate of drug-likeness (QED) is 0.619. The zero-order chi connectivity index (χ0) is 13.9. The highest BCUT2D eigenvalue weighted by Crippen LogP contribution is 2.17. The highest BCUT2D eigenvalue weighted by atomic mass is 16.5. The molecule has 1 fully saturated rings. The van der Waals surface area contributed by atoms with Crippen LogP contribution in [0.3, 0.4) is 0 Å². The van der Waals surface area contributed by atoms with Gasteiger partial charge in [0, 0.05) is 19.1 Å². The van der Waals surface area contributed by atoms with Gasteiger partial charge in [0.1, 0.15) is 0 Å². The van der Waals surface area contributed by atoms with E-state index in [-0.39, 0.29) is 11.8 Å². The van der Waals surface area contributed by atoms with Crippen molar-refractivity contribution in [1.29, 1.82) is 0 Å². The van der Waals surface area contributed by atoms with Crippen LogP contribution in [0, 0.1) is 5.92 Å². The van der Waals surface area contributed by atoms with Gasteiger partial charge in [-0.3, -0.25) is 4.79 Å². The van der Waals surface area contributed by atoms with Crippen molar-refractivity contribution in [1.82, 2.24) is 4.90 Å². The van der Waals surface area contributed by atoms with Crippen LogP contribution in [0.5, 0.6) is 0 Å². The summed E-state index contributed by atoms with van der Waals surface area (Å²) >= 11 is 0. The van der Waals surface area contributed by atoms with Crippen LogP contribution in [0.4, 0.5) is 0 Å². The summed E-state index contributed by atoms with van der Waals surface area (Å²) in [5, 5.41) is 0. The van der Waals surface area contributed by atoms with Crippen LogP contribution in [-0.2, 0) is 9.53 Å². The van der Waals surface area contributed by atoms with Gasteiger partial charge in [0.2, 0.25) is 5.91 Å². The number of carbonyl (C=O) groups is 1. The second-order valence-corrected chi connectivity index (χ2v) is 5.54. The monoisotopic (exact) mass is 270 g/mol. The first kappa shape index (κ1) is 16.4. The molecule has 0 aliphatic carbocycles. The fourth-order valence-corrected chi connectivity index (χ4v) is 2.51. The normalized spacial score (nSPS) is 17.7. The van der Waals surface area contributed by atoms with E-state index in [4.69, 9.17) is 10.5 Å². The number of amides is 1. The molecule has 1 aliphatic rings. The third-order valence-corrected chi connectivity index (χ3v) is 3.90.